The van der Waals surface area contributed by atoms with E-state index in [-0.39, 0.29) is 12.3 Å². The molecule has 1 amide bonds. The first-order chi connectivity index (χ1) is 22.0. The molecule has 2 aromatic carbocycles. The van der Waals surface area contributed by atoms with Crippen molar-refractivity contribution in [3.8, 4) is 33.9 Å². The average Bonchev–Trinajstić information content (AvgIpc) is 3.60. The van der Waals surface area contributed by atoms with E-state index in [9.17, 15) is 4.79 Å². The summed E-state index contributed by atoms with van der Waals surface area (Å²) >= 11 is 6.16. The summed E-state index contributed by atoms with van der Waals surface area (Å²) in [5, 5.41) is 6.77. The molecule has 1 atom stereocenters. The van der Waals surface area contributed by atoms with Crippen LogP contribution < -0.4 is 0 Å². The molecule has 1 fully saturated rings. The Hall–Kier alpha value is -4.21. The zero-order valence-electron chi connectivity index (χ0n) is 27.4. The fourth-order valence-corrected chi connectivity index (χ4v) is 6.06. The summed E-state index contributed by atoms with van der Waals surface area (Å²) in [6.07, 6.45) is 6.29. The van der Waals surface area contributed by atoms with E-state index in [4.69, 9.17) is 31.2 Å². The van der Waals surface area contributed by atoms with Gasteiger partial charge in [0.1, 0.15) is 11.3 Å². The number of amides is 1. The molecule has 1 aliphatic heterocycles. The highest BCUT2D eigenvalue weighted by Crippen LogP contribution is 2.37. The highest BCUT2D eigenvalue weighted by Gasteiger charge is 2.25. The number of carbonyl (C=O) groups excluding carboxylic acids is 1. The van der Waals surface area contributed by atoms with Crippen LogP contribution in [0.25, 0.3) is 44.8 Å². The van der Waals surface area contributed by atoms with Gasteiger partial charge in [0, 0.05) is 52.8 Å². The molecule has 0 saturated carbocycles. The molecule has 46 heavy (non-hydrogen) atoms. The molecule has 0 bridgehead atoms. The zero-order chi connectivity index (χ0) is 32.6. The quantitative estimate of drug-likeness (QED) is 0.191. The Morgan fingerprint density at radius 2 is 1.85 bits per heavy atom. The molecule has 9 nitrogen and oxygen atoms in total. The van der Waals surface area contributed by atoms with Crippen LogP contribution in [0, 0.1) is 13.8 Å². The van der Waals surface area contributed by atoms with Crippen LogP contribution in [0.15, 0.2) is 54.9 Å². The predicted octanol–water partition coefficient (Wildman–Crippen LogP) is 8.88. The lowest BCUT2D eigenvalue weighted by Gasteiger charge is -2.27. The highest BCUT2D eigenvalue weighted by atomic mass is 35.5. The standard InChI is InChI=1S/C36H41ClN6O3/c1-7-42(35(44)46-36(4,5)6)21-26-19-38-20-29(22(26)2)25-13-16-30-28(18-25)33(41-43(30)31-10-8-9-17-45-31)34-39-23(3)32(40-34)24-11-14-27(37)15-12-24/h11-16,18-20,31H,7-10,17,21H2,1-6H3,(H,39,40). The number of halogens is 1. The van der Waals surface area contributed by atoms with Crippen molar-refractivity contribution in [3.05, 3.63) is 76.7 Å². The van der Waals surface area contributed by atoms with Gasteiger partial charge in [-0.1, -0.05) is 29.8 Å². The van der Waals surface area contributed by atoms with Crippen LogP contribution in [-0.2, 0) is 16.0 Å². The molecule has 0 radical (unpaired) electrons. The van der Waals surface area contributed by atoms with E-state index >= 15 is 0 Å². The van der Waals surface area contributed by atoms with Crippen molar-refractivity contribution in [1.29, 1.82) is 0 Å². The van der Waals surface area contributed by atoms with E-state index in [0.29, 0.717) is 23.9 Å². The second kappa shape index (κ2) is 12.9. The van der Waals surface area contributed by atoms with E-state index in [0.717, 1.165) is 81.7 Å². The molecule has 1 saturated heterocycles. The van der Waals surface area contributed by atoms with Crippen molar-refractivity contribution in [2.75, 3.05) is 13.2 Å². The SMILES string of the molecule is CCN(Cc1cncc(-c2ccc3c(c2)c(-c2nc(-c4ccc(Cl)cc4)c(C)[nH]2)nn3C2CCCCO2)c1C)C(=O)OC(C)(C)C. The second-order valence-electron chi connectivity index (χ2n) is 12.9. The number of imidazole rings is 1. The number of aromatic amines is 1. The number of aromatic nitrogens is 5. The molecule has 1 N–H and O–H groups in total. The Balaban J connectivity index is 1.42. The largest absolute Gasteiger partial charge is 0.444 e. The molecule has 4 heterocycles. The third-order valence-corrected chi connectivity index (χ3v) is 8.64. The van der Waals surface area contributed by atoms with E-state index < -0.39 is 5.60 Å². The number of ether oxygens (including phenoxy) is 2. The molecule has 0 aliphatic carbocycles. The lowest BCUT2D eigenvalue weighted by Crippen LogP contribution is -2.36. The molecule has 10 heteroatoms. The number of rotatable bonds is 7. The van der Waals surface area contributed by atoms with Gasteiger partial charge in [-0.2, -0.15) is 5.10 Å². The van der Waals surface area contributed by atoms with Crippen molar-refractivity contribution in [2.45, 2.75) is 79.2 Å². The van der Waals surface area contributed by atoms with Crippen LogP contribution in [0.3, 0.4) is 0 Å². The summed E-state index contributed by atoms with van der Waals surface area (Å²) < 4.78 is 13.8. The minimum absolute atomic E-state index is 0.137. The van der Waals surface area contributed by atoms with Gasteiger partial charge in [0.2, 0.25) is 0 Å². The number of fused-ring (bicyclic) bond motifs is 1. The summed E-state index contributed by atoms with van der Waals surface area (Å²) in [5.41, 5.74) is 7.98. The van der Waals surface area contributed by atoms with Gasteiger partial charge in [-0.15, -0.1) is 0 Å². The number of nitrogens with zero attached hydrogens (tertiary/aromatic N) is 5. The van der Waals surface area contributed by atoms with E-state index in [1.807, 2.05) is 76.0 Å². The van der Waals surface area contributed by atoms with Crippen molar-refractivity contribution in [3.63, 3.8) is 0 Å². The van der Waals surface area contributed by atoms with Crippen molar-refractivity contribution in [1.82, 2.24) is 29.6 Å². The number of benzene rings is 2. The number of H-pyrrole nitrogens is 1. The van der Waals surface area contributed by atoms with Gasteiger partial charge in [0.25, 0.3) is 0 Å². The molecule has 1 unspecified atom stereocenters. The van der Waals surface area contributed by atoms with Crippen LogP contribution in [0.1, 0.15) is 70.0 Å². The van der Waals surface area contributed by atoms with Gasteiger partial charge >= 0.3 is 6.09 Å². The number of aryl methyl sites for hydroxylation is 1. The third kappa shape index (κ3) is 6.52. The fourth-order valence-electron chi connectivity index (χ4n) is 5.94. The first-order valence-corrected chi connectivity index (χ1v) is 16.3. The van der Waals surface area contributed by atoms with Crippen LogP contribution >= 0.6 is 11.6 Å². The predicted molar refractivity (Wildman–Crippen MR) is 182 cm³/mol. The maximum absolute atomic E-state index is 12.9. The topological polar surface area (TPSA) is 98.2 Å². The minimum atomic E-state index is -0.567. The Morgan fingerprint density at radius 3 is 2.54 bits per heavy atom. The zero-order valence-corrected chi connectivity index (χ0v) is 28.1. The van der Waals surface area contributed by atoms with Gasteiger partial charge in [0.15, 0.2) is 12.1 Å². The molecule has 3 aromatic heterocycles. The Morgan fingerprint density at radius 1 is 1.09 bits per heavy atom. The van der Waals surface area contributed by atoms with E-state index in [1.165, 1.54) is 0 Å². The Bertz CT molecular complexity index is 1870. The smallest absolute Gasteiger partial charge is 0.410 e. The summed E-state index contributed by atoms with van der Waals surface area (Å²) in [6.45, 7) is 13.3. The summed E-state index contributed by atoms with van der Waals surface area (Å²) in [4.78, 5) is 27.7. The van der Waals surface area contributed by atoms with E-state index in [2.05, 4.69) is 35.1 Å². The number of pyridine rings is 1. The highest BCUT2D eigenvalue weighted by molar-refractivity contribution is 6.30. The maximum Gasteiger partial charge on any atom is 0.410 e. The summed E-state index contributed by atoms with van der Waals surface area (Å²) in [6, 6.07) is 14.1. The molecule has 1 aliphatic rings. The number of hydrogen-bond acceptors (Lipinski definition) is 6. The van der Waals surface area contributed by atoms with Crippen molar-refractivity contribution in [2.24, 2.45) is 0 Å². The van der Waals surface area contributed by atoms with Crippen LogP contribution in [0.5, 0.6) is 0 Å². The molecule has 240 valence electrons. The molecular formula is C36H41ClN6O3. The molecular weight excluding hydrogens is 600 g/mol. The lowest BCUT2D eigenvalue weighted by atomic mass is 9.97. The van der Waals surface area contributed by atoms with Gasteiger partial charge in [0.05, 0.1) is 17.8 Å². The number of nitrogens with one attached hydrogen (secondary N) is 1. The van der Waals surface area contributed by atoms with Crippen molar-refractivity contribution >= 4 is 28.6 Å². The van der Waals surface area contributed by atoms with E-state index in [1.54, 1.807) is 4.90 Å². The van der Waals surface area contributed by atoms with Crippen LogP contribution in [0.4, 0.5) is 4.79 Å². The fraction of sp³-hybridized carbons (Fsp3) is 0.389. The number of hydrogen-bond donors (Lipinski definition) is 1. The summed E-state index contributed by atoms with van der Waals surface area (Å²) in [5.74, 6) is 0.693. The monoisotopic (exact) mass is 640 g/mol. The van der Waals surface area contributed by atoms with Gasteiger partial charge in [-0.25, -0.2) is 14.5 Å². The molecule has 5 aromatic rings. The van der Waals surface area contributed by atoms with Gasteiger partial charge in [-0.05, 0) is 102 Å². The maximum atomic E-state index is 12.9. The molecule has 6 rings (SSSR count). The lowest BCUT2D eigenvalue weighted by molar-refractivity contribution is -0.0365. The Labute approximate surface area is 274 Å². The van der Waals surface area contributed by atoms with Crippen LogP contribution in [0.2, 0.25) is 5.02 Å². The third-order valence-electron chi connectivity index (χ3n) is 8.39. The van der Waals surface area contributed by atoms with Gasteiger partial charge < -0.3 is 19.4 Å². The molecule has 0 spiro atoms. The second-order valence-corrected chi connectivity index (χ2v) is 13.3. The summed E-state index contributed by atoms with van der Waals surface area (Å²) in [7, 11) is 0. The van der Waals surface area contributed by atoms with Gasteiger partial charge in [-0.3, -0.25) is 4.98 Å². The number of carbonyl (C=O) groups is 1. The Kier molecular flexibility index (Phi) is 8.90. The normalized spacial score (nSPS) is 15.3. The van der Waals surface area contributed by atoms with Crippen molar-refractivity contribution < 1.29 is 14.3 Å². The first kappa shape index (κ1) is 31.8. The first-order valence-electron chi connectivity index (χ1n) is 15.9. The minimum Gasteiger partial charge on any atom is -0.444 e. The average molecular weight is 641 g/mol. The van der Waals surface area contributed by atoms with Crippen LogP contribution in [-0.4, -0.2) is 54.5 Å².